The number of rotatable bonds is 3. The fourth-order valence-corrected chi connectivity index (χ4v) is 7.44. The first-order valence-electron chi connectivity index (χ1n) is 18.8. The lowest BCUT2D eigenvalue weighted by Gasteiger charge is -2.35. The molecule has 10 heterocycles. The molecule has 284 valence electrons. The van der Waals surface area contributed by atoms with Crippen LogP contribution in [0.4, 0.5) is 39.7 Å². The molecule has 0 radical (unpaired) electrons. The molecule has 2 atom stereocenters. The van der Waals surface area contributed by atoms with Crippen LogP contribution in [0.5, 0.6) is 0 Å². The van der Waals surface area contributed by atoms with Gasteiger partial charge in [-0.05, 0) is 101 Å². The Morgan fingerprint density at radius 3 is 1.96 bits per heavy atom. The van der Waals surface area contributed by atoms with E-state index in [1.54, 1.807) is 35.6 Å². The zero-order valence-electron chi connectivity index (χ0n) is 31.9. The Morgan fingerprint density at radius 2 is 1.30 bits per heavy atom. The number of nitrogens with two attached hydrogens (primary N) is 1. The first kappa shape index (κ1) is 36.2. The molecule has 2 fully saturated rings. The van der Waals surface area contributed by atoms with Gasteiger partial charge in [-0.15, -0.1) is 0 Å². The van der Waals surface area contributed by atoms with E-state index in [4.69, 9.17) is 15.7 Å². The summed E-state index contributed by atoms with van der Waals surface area (Å²) in [7, 11) is 0. The van der Waals surface area contributed by atoms with Crippen LogP contribution in [0.2, 0.25) is 0 Å². The second-order valence-corrected chi connectivity index (χ2v) is 14.3. The van der Waals surface area contributed by atoms with Gasteiger partial charge in [-0.2, -0.15) is 0 Å². The monoisotopic (exact) mass is 748 g/mol. The molecular formula is C41H44N14O. The van der Waals surface area contributed by atoms with Crippen molar-refractivity contribution in [1.82, 2.24) is 39.9 Å². The molecule has 10 rings (SSSR count). The number of aryl methyl sites for hydroxylation is 4. The molecule has 6 aromatic rings. The standard InChI is InChI=1S/C21H21N7O.C15H16N4.C5H7N3/c1-13-5-8-23-20(24-13)26-21(29)28-16-7-10-27(12-16)18-4-3-17(25-19(18)28)15-6-9-22-14(2)11-15;1-10-8-11(4-6-16-10)13-2-3-14-15(18-13)17-12-5-7-19(14)9-12;1-4-2-3-7-5(6)8-4/h3-6,8-9,11,16H,7,10,12H2,1-2H3,(H,23,24,26,29);2-4,6,8,12H,5,7,9H2,1H3,(H,17,18);2-3H,1H3,(H2,6,7,8)/t16-;12-;/m00./s1. The van der Waals surface area contributed by atoms with Crippen molar-refractivity contribution in [2.24, 2.45) is 0 Å². The number of hydrogen-bond donors (Lipinski definition) is 3. The van der Waals surface area contributed by atoms with Gasteiger partial charge >= 0.3 is 6.03 Å². The third-order valence-corrected chi connectivity index (χ3v) is 10.1. The SMILES string of the molecule is Cc1cc(-c2ccc3c(n2)N(C(=O)Nc2nccc(C)n2)[C@H]2CCN3C2)ccn1.Cc1cc(-c2ccc3c(n2)N[C@H]2CCN3C2)ccn1.Cc1ccnc(N)n1. The maximum absolute atomic E-state index is 13.2. The minimum Gasteiger partial charge on any atom is -0.368 e. The Morgan fingerprint density at radius 1 is 0.679 bits per heavy atom. The first-order valence-corrected chi connectivity index (χ1v) is 18.8. The van der Waals surface area contributed by atoms with E-state index >= 15 is 0 Å². The Balaban J connectivity index is 0.000000139. The van der Waals surface area contributed by atoms with Crippen LogP contribution in [0.15, 0.2) is 85.5 Å². The van der Waals surface area contributed by atoms with Crippen LogP contribution in [0.1, 0.15) is 35.6 Å². The molecule has 0 aromatic carbocycles. The van der Waals surface area contributed by atoms with Crippen molar-refractivity contribution in [3.63, 3.8) is 0 Å². The van der Waals surface area contributed by atoms with Crippen molar-refractivity contribution in [2.75, 3.05) is 57.2 Å². The van der Waals surface area contributed by atoms with Crippen molar-refractivity contribution in [3.8, 4) is 22.5 Å². The summed E-state index contributed by atoms with van der Waals surface area (Å²) in [6, 6.07) is 20.4. The second-order valence-electron chi connectivity index (χ2n) is 14.3. The zero-order chi connectivity index (χ0) is 38.8. The van der Waals surface area contributed by atoms with E-state index in [0.29, 0.717) is 23.8 Å². The molecule has 4 bridgehead atoms. The van der Waals surface area contributed by atoms with E-state index in [9.17, 15) is 4.79 Å². The van der Waals surface area contributed by atoms with Crippen LogP contribution >= 0.6 is 0 Å². The van der Waals surface area contributed by atoms with Gasteiger partial charge in [0.1, 0.15) is 0 Å². The number of nitrogens with zero attached hydrogens (tertiary/aromatic N) is 11. The molecule has 6 aromatic heterocycles. The fraction of sp³-hybridized carbons (Fsp3) is 0.293. The molecule has 4 aliphatic rings. The smallest absolute Gasteiger partial charge is 0.330 e. The molecular weight excluding hydrogens is 705 g/mol. The Hall–Kier alpha value is -6.77. The number of nitrogens with one attached hydrogen (secondary N) is 2. The highest BCUT2D eigenvalue weighted by Gasteiger charge is 2.40. The van der Waals surface area contributed by atoms with Gasteiger partial charge in [0, 0.05) is 90.9 Å². The van der Waals surface area contributed by atoms with E-state index in [1.807, 2.05) is 58.2 Å². The van der Waals surface area contributed by atoms with Gasteiger partial charge in [-0.25, -0.2) is 34.7 Å². The number of amides is 2. The van der Waals surface area contributed by atoms with Crippen molar-refractivity contribution in [2.45, 2.75) is 52.6 Å². The third-order valence-electron chi connectivity index (χ3n) is 10.1. The molecule has 4 aliphatic heterocycles. The maximum Gasteiger partial charge on any atom is 0.330 e. The Labute approximate surface area is 325 Å². The molecule has 15 nitrogen and oxygen atoms in total. The molecule has 2 saturated heterocycles. The van der Waals surface area contributed by atoms with Crippen LogP contribution in [-0.2, 0) is 0 Å². The number of nitrogen functional groups attached to an aromatic ring is 1. The highest BCUT2D eigenvalue weighted by Crippen LogP contribution is 2.40. The van der Waals surface area contributed by atoms with Crippen molar-refractivity contribution < 1.29 is 4.79 Å². The van der Waals surface area contributed by atoms with E-state index in [2.05, 4.69) is 74.6 Å². The van der Waals surface area contributed by atoms with Gasteiger partial charge in [0.05, 0.1) is 28.8 Å². The molecule has 4 N–H and O–H groups in total. The predicted octanol–water partition coefficient (Wildman–Crippen LogP) is 6.00. The van der Waals surface area contributed by atoms with Crippen molar-refractivity contribution in [1.29, 1.82) is 0 Å². The summed E-state index contributed by atoms with van der Waals surface area (Å²) in [6.07, 6.45) is 9.01. The summed E-state index contributed by atoms with van der Waals surface area (Å²) in [5, 5.41) is 6.39. The summed E-state index contributed by atoms with van der Waals surface area (Å²) in [4.78, 5) is 53.8. The highest BCUT2D eigenvalue weighted by atomic mass is 16.2. The molecule has 2 amide bonds. The lowest BCUT2D eigenvalue weighted by atomic mass is 10.1. The number of carbonyl (C=O) groups is 1. The number of hydrogen-bond acceptors (Lipinski definition) is 13. The Bertz CT molecular complexity index is 2370. The largest absolute Gasteiger partial charge is 0.368 e. The number of urea groups is 1. The number of carbonyl (C=O) groups excluding carboxylic acids is 1. The molecule has 56 heavy (non-hydrogen) atoms. The van der Waals surface area contributed by atoms with E-state index < -0.39 is 0 Å². The topological polar surface area (TPSA) is 180 Å². The summed E-state index contributed by atoms with van der Waals surface area (Å²) in [5.74, 6) is 2.35. The van der Waals surface area contributed by atoms with Crippen LogP contribution < -0.4 is 31.1 Å². The lowest BCUT2D eigenvalue weighted by Crippen LogP contribution is -2.48. The number of fused-ring (bicyclic) bond motifs is 8. The van der Waals surface area contributed by atoms with Crippen molar-refractivity contribution in [3.05, 3.63) is 108 Å². The first-order chi connectivity index (χ1) is 27.2. The average Bonchev–Trinajstić information content (AvgIpc) is 3.79. The lowest BCUT2D eigenvalue weighted by molar-refractivity contribution is 0.254. The molecule has 15 heteroatoms. The Kier molecular flexibility index (Phi) is 10.0. The van der Waals surface area contributed by atoms with Gasteiger partial charge in [-0.1, -0.05) is 0 Å². The van der Waals surface area contributed by atoms with Gasteiger partial charge in [0.2, 0.25) is 11.9 Å². The van der Waals surface area contributed by atoms with Gasteiger partial charge < -0.3 is 20.9 Å². The summed E-state index contributed by atoms with van der Waals surface area (Å²) >= 11 is 0. The zero-order valence-corrected chi connectivity index (χ0v) is 31.9. The summed E-state index contributed by atoms with van der Waals surface area (Å²) in [5.41, 5.74) is 15.1. The summed E-state index contributed by atoms with van der Waals surface area (Å²) in [6.45, 7) is 11.7. The van der Waals surface area contributed by atoms with E-state index in [-0.39, 0.29) is 12.1 Å². The van der Waals surface area contributed by atoms with E-state index in [1.165, 1.54) is 12.1 Å². The maximum atomic E-state index is 13.2. The third kappa shape index (κ3) is 7.87. The van der Waals surface area contributed by atoms with Crippen LogP contribution in [0, 0.1) is 27.7 Å². The van der Waals surface area contributed by atoms with Crippen LogP contribution in [0.25, 0.3) is 22.5 Å². The minimum absolute atomic E-state index is 0.0780. The minimum atomic E-state index is -0.251. The predicted molar refractivity (Wildman–Crippen MR) is 219 cm³/mol. The molecule has 0 spiro atoms. The highest BCUT2D eigenvalue weighted by molar-refractivity contribution is 6.04. The quantitative estimate of drug-likeness (QED) is 0.192. The molecule has 0 unspecified atom stereocenters. The van der Waals surface area contributed by atoms with Gasteiger partial charge in [0.15, 0.2) is 11.6 Å². The number of anilines is 6. The van der Waals surface area contributed by atoms with Gasteiger partial charge in [-0.3, -0.25) is 20.2 Å². The molecule has 0 saturated carbocycles. The summed E-state index contributed by atoms with van der Waals surface area (Å²) < 4.78 is 0. The fourth-order valence-electron chi connectivity index (χ4n) is 7.44. The average molecular weight is 749 g/mol. The molecule has 0 aliphatic carbocycles. The second kappa shape index (κ2) is 15.5. The van der Waals surface area contributed by atoms with Crippen LogP contribution in [-0.4, -0.2) is 84.2 Å². The van der Waals surface area contributed by atoms with E-state index in [0.717, 1.165) is 89.4 Å². The van der Waals surface area contributed by atoms with Gasteiger partial charge in [0.25, 0.3) is 0 Å². The number of aromatic nitrogens is 8. The van der Waals surface area contributed by atoms with Crippen LogP contribution in [0.3, 0.4) is 0 Å². The normalized spacial score (nSPS) is 17.0. The number of pyridine rings is 4. The van der Waals surface area contributed by atoms with Crippen molar-refractivity contribution >= 4 is 40.9 Å².